The van der Waals surface area contributed by atoms with Gasteiger partial charge in [0.1, 0.15) is 0 Å². The van der Waals surface area contributed by atoms with Gasteiger partial charge in [0.15, 0.2) is 0 Å². The highest BCUT2D eigenvalue weighted by molar-refractivity contribution is 4.94. The molecule has 2 fully saturated rings. The van der Waals surface area contributed by atoms with E-state index in [2.05, 4.69) is 37.9 Å². The van der Waals surface area contributed by atoms with Crippen molar-refractivity contribution in [3.8, 4) is 0 Å². The van der Waals surface area contributed by atoms with E-state index < -0.39 is 0 Å². The van der Waals surface area contributed by atoms with Gasteiger partial charge in [-0.2, -0.15) is 0 Å². The Kier molecular flexibility index (Phi) is 6.51. The Morgan fingerprint density at radius 1 is 1.24 bits per heavy atom. The van der Waals surface area contributed by atoms with E-state index in [1.54, 1.807) is 0 Å². The van der Waals surface area contributed by atoms with Crippen molar-refractivity contribution in [1.82, 2.24) is 10.2 Å². The van der Waals surface area contributed by atoms with E-state index in [0.717, 1.165) is 18.5 Å². The Balaban J connectivity index is 2.08. The molecule has 1 heterocycles. The van der Waals surface area contributed by atoms with Gasteiger partial charge >= 0.3 is 0 Å². The van der Waals surface area contributed by atoms with Crippen molar-refractivity contribution < 1.29 is 4.74 Å². The van der Waals surface area contributed by atoms with Crippen LogP contribution in [0.25, 0.3) is 0 Å². The van der Waals surface area contributed by atoms with Gasteiger partial charge < -0.3 is 10.1 Å². The van der Waals surface area contributed by atoms with Crippen LogP contribution in [-0.4, -0.2) is 49.3 Å². The smallest absolute Gasteiger partial charge is 0.0586 e. The maximum Gasteiger partial charge on any atom is 0.0586 e. The van der Waals surface area contributed by atoms with Crippen molar-refractivity contribution in [2.45, 2.75) is 84.0 Å². The third kappa shape index (κ3) is 4.20. The van der Waals surface area contributed by atoms with E-state index in [0.29, 0.717) is 24.1 Å². The number of nitrogens with one attached hydrogen (secondary N) is 1. The first-order chi connectivity index (χ1) is 10.1. The predicted molar refractivity (Wildman–Crippen MR) is 89.6 cm³/mol. The predicted octanol–water partition coefficient (Wildman–Crippen LogP) is 3.29. The molecule has 2 aliphatic rings. The van der Waals surface area contributed by atoms with E-state index in [1.165, 1.54) is 38.6 Å². The third-order valence-electron chi connectivity index (χ3n) is 5.93. The van der Waals surface area contributed by atoms with Crippen LogP contribution in [0, 0.1) is 11.8 Å². The summed E-state index contributed by atoms with van der Waals surface area (Å²) in [4.78, 5) is 2.85. The van der Waals surface area contributed by atoms with E-state index in [9.17, 15) is 0 Å². The molecule has 0 aromatic heterocycles. The molecule has 3 heteroatoms. The summed E-state index contributed by atoms with van der Waals surface area (Å²) in [5.74, 6) is 1.49. The van der Waals surface area contributed by atoms with Gasteiger partial charge in [-0.1, -0.05) is 34.1 Å². The largest absolute Gasteiger partial charge is 0.381 e. The lowest BCUT2D eigenvalue weighted by atomic mass is 9.85. The van der Waals surface area contributed by atoms with Crippen molar-refractivity contribution in [3.05, 3.63) is 0 Å². The fourth-order valence-corrected chi connectivity index (χ4v) is 4.12. The summed E-state index contributed by atoms with van der Waals surface area (Å²) in [6, 6.07) is 2.07. The van der Waals surface area contributed by atoms with Gasteiger partial charge in [0.2, 0.25) is 0 Å². The van der Waals surface area contributed by atoms with Crippen LogP contribution in [0.1, 0.15) is 59.8 Å². The quantitative estimate of drug-likeness (QED) is 0.842. The third-order valence-corrected chi connectivity index (χ3v) is 5.93. The van der Waals surface area contributed by atoms with E-state index in [4.69, 9.17) is 4.74 Å². The van der Waals surface area contributed by atoms with E-state index >= 15 is 0 Å². The molecule has 0 radical (unpaired) electrons. The van der Waals surface area contributed by atoms with Gasteiger partial charge in [0.25, 0.3) is 0 Å². The second kappa shape index (κ2) is 7.94. The Morgan fingerprint density at radius 2 is 2.00 bits per heavy atom. The molecule has 5 unspecified atom stereocenters. The maximum absolute atomic E-state index is 5.67. The summed E-state index contributed by atoms with van der Waals surface area (Å²) >= 11 is 0. The number of hydrogen-bond acceptors (Lipinski definition) is 3. The first-order valence-corrected chi connectivity index (χ1v) is 9.08. The van der Waals surface area contributed by atoms with Crippen LogP contribution in [0.3, 0.4) is 0 Å². The monoisotopic (exact) mass is 296 g/mol. The summed E-state index contributed by atoms with van der Waals surface area (Å²) in [6.07, 6.45) is 6.92. The van der Waals surface area contributed by atoms with Crippen LogP contribution in [0.2, 0.25) is 0 Å². The van der Waals surface area contributed by atoms with Crippen molar-refractivity contribution in [1.29, 1.82) is 0 Å². The lowest BCUT2D eigenvalue weighted by Gasteiger charge is -2.49. The minimum atomic E-state index is 0.480. The average molecular weight is 296 g/mol. The van der Waals surface area contributed by atoms with Gasteiger partial charge in [-0.15, -0.1) is 0 Å². The molecule has 1 aliphatic carbocycles. The summed E-state index contributed by atoms with van der Waals surface area (Å²) in [6.45, 7) is 11.8. The minimum absolute atomic E-state index is 0.480. The van der Waals surface area contributed by atoms with E-state index in [-0.39, 0.29) is 0 Å². The number of piperazine rings is 1. The molecule has 3 nitrogen and oxygen atoms in total. The molecule has 1 saturated heterocycles. The van der Waals surface area contributed by atoms with Crippen molar-refractivity contribution in [3.63, 3.8) is 0 Å². The summed E-state index contributed by atoms with van der Waals surface area (Å²) in [7, 11) is 1.88. The van der Waals surface area contributed by atoms with Gasteiger partial charge in [0.05, 0.1) is 6.10 Å². The maximum atomic E-state index is 5.67. The molecule has 1 saturated carbocycles. The number of ether oxygens (including phenoxy) is 1. The fourth-order valence-electron chi connectivity index (χ4n) is 4.12. The Morgan fingerprint density at radius 3 is 2.62 bits per heavy atom. The molecule has 0 amide bonds. The fraction of sp³-hybridized carbons (Fsp3) is 1.00. The highest BCUT2D eigenvalue weighted by Gasteiger charge is 2.37. The SMILES string of the molecule is CCC(C)C1CNC(C(C)C)CN1C1CCCC(OC)C1. The first-order valence-electron chi connectivity index (χ1n) is 9.08. The van der Waals surface area contributed by atoms with Gasteiger partial charge in [-0.3, -0.25) is 4.90 Å². The Bertz CT molecular complexity index is 308. The molecule has 21 heavy (non-hydrogen) atoms. The van der Waals surface area contributed by atoms with E-state index in [1.807, 2.05) is 7.11 Å². The molecule has 1 N–H and O–H groups in total. The highest BCUT2D eigenvalue weighted by Crippen LogP contribution is 2.30. The lowest BCUT2D eigenvalue weighted by molar-refractivity contribution is -0.0161. The molecule has 0 spiro atoms. The van der Waals surface area contributed by atoms with Crippen LogP contribution in [-0.2, 0) is 4.74 Å². The zero-order chi connectivity index (χ0) is 15.4. The van der Waals surface area contributed by atoms with Crippen LogP contribution >= 0.6 is 0 Å². The second-order valence-electron chi connectivity index (χ2n) is 7.59. The lowest BCUT2D eigenvalue weighted by Crippen LogP contribution is -2.63. The van der Waals surface area contributed by atoms with Crippen molar-refractivity contribution >= 4 is 0 Å². The van der Waals surface area contributed by atoms with Crippen LogP contribution in [0.5, 0.6) is 0 Å². The topological polar surface area (TPSA) is 24.5 Å². The van der Waals surface area contributed by atoms with Crippen molar-refractivity contribution in [2.24, 2.45) is 11.8 Å². The normalized spacial score (nSPS) is 36.9. The molecular weight excluding hydrogens is 260 g/mol. The molecule has 0 aromatic rings. The van der Waals surface area contributed by atoms with Crippen LogP contribution < -0.4 is 5.32 Å². The number of rotatable bonds is 5. The van der Waals surface area contributed by atoms with Crippen molar-refractivity contribution in [2.75, 3.05) is 20.2 Å². The first kappa shape index (κ1) is 17.2. The molecule has 1 aliphatic heterocycles. The molecule has 0 bridgehead atoms. The molecular formula is C18H36N2O. The van der Waals surface area contributed by atoms with Crippen LogP contribution in [0.15, 0.2) is 0 Å². The molecule has 124 valence electrons. The number of hydrogen-bond donors (Lipinski definition) is 1. The number of methoxy groups -OCH3 is 1. The standard InChI is InChI=1S/C18H36N2O/c1-6-14(4)18-11-19-17(13(2)3)12-20(18)15-8-7-9-16(10-15)21-5/h13-19H,6-12H2,1-5H3. The Hall–Kier alpha value is -0.120. The summed E-state index contributed by atoms with van der Waals surface area (Å²) < 4.78 is 5.67. The van der Waals surface area contributed by atoms with Gasteiger partial charge in [-0.05, 0) is 37.5 Å². The van der Waals surface area contributed by atoms with Crippen LogP contribution in [0.4, 0.5) is 0 Å². The average Bonchev–Trinajstić information content (AvgIpc) is 2.53. The minimum Gasteiger partial charge on any atom is -0.381 e. The molecule has 2 rings (SSSR count). The zero-order valence-electron chi connectivity index (χ0n) is 14.8. The molecule has 0 aromatic carbocycles. The summed E-state index contributed by atoms with van der Waals surface area (Å²) in [5, 5.41) is 3.81. The summed E-state index contributed by atoms with van der Waals surface area (Å²) in [5.41, 5.74) is 0. The number of nitrogens with zero attached hydrogens (tertiary/aromatic N) is 1. The van der Waals surface area contributed by atoms with Gasteiger partial charge in [0, 0.05) is 38.3 Å². The second-order valence-corrected chi connectivity index (χ2v) is 7.59. The van der Waals surface area contributed by atoms with Gasteiger partial charge in [-0.25, -0.2) is 0 Å². The molecule has 5 atom stereocenters. The highest BCUT2D eigenvalue weighted by atomic mass is 16.5. The zero-order valence-corrected chi connectivity index (χ0v) is 14.8. The Labute approximate surface area is 131 Å².